The first-order chi connectivity index (χ1) is 42.6. The van der Waals surface area contributed by atoms with Gasteiger partial charge in [-0.2, -0.15) is 0 Å². The second-order valence-electron chi connectivity index (χ2n) is 28.6. The molecule has 0 spiro atoms. The van der Waals surface area contributed by atoms with Crippen molar-refractivity contribution in [3.8, 4) is 17.6 Å². The van der Waals surface area contributed by atoms with Crippen LogP contribution in [-0.2, 0) is 25.7 Å². The Hall–Kier alpha value is -5.14. The number of ketones is 2. The van der Waals surface area contributed by atoms with Crippen molar-refractivity contribution in [1.29, 1.82) is 0 Å². The summed E-state index contributed by atoms with van der Waals surface area (Å²) in [5.41, 5.74) is 4.67. The lowest BCUT2D eigenvalue weighted by molar-refractivity contribution is -0.200. The average molecular weight is 1260 g/mol. The number of fused-ring (bicyclic) bond motifs is 10. The number of aliphatic hydroxyl groups excluding tert-OH is 4. The number of allylic oxidation sites excluding steroid dienone is 3. The number of H-pyrrole nitrogens is 1. The highest BCUT2D eigenvalue weighted by atomic mass is 33.1. The third kappa shape index (κ3) is 11.8. The number of hydrogen-bond acceptors (Lipinski definition) is 16. The molecule has 6 fully saturated rings. The highest BCUT2D eigenvalue weighted by Crippen LogP contribution is 2.73. The molecular weight excluding hydrogens is 1170 g/mol. The number of guanidine groups is 1. The molecule has 19 heteroatoms. The summed E-state index contributed by atoms with van der Waals surface area (Å²) < 4.78 is 5.95. The molecule has 2 saturated heterocycles. The Labute approximate surface area is 530 Å². The number of aliphatic imine (C=N–C) groups is 1. The van der Waals surface area contributed by atoms with Gasteiger partial charge in [0.2, 0.25) is 0 Å². The molecule has 2 bridgehead atoms. The minimum atomic E-state index is -2.06. The molecule has 1 aromatic heterocycles. The van der Waals surface area contributed by atoms with E-state index in [0.29, 0.717) is 48.8 Å². The van der Waals surface area contributed by atoms with E-state index in [2.05, 4.69) is 45.5 Å². The smallest absolute Gasteiger partial charge is 0.313 e. The first kappa shape index (κ1) is 64.0. The van der Waals surface area contributed by atoms with Crippen molar-refractivity contribution >= 4 is 45.1 Å². The van der Waals surface area contributed by atoms with E-state index in [4.69, 9.17) is 10.5 Å². The lowest BCUT2D eigenvalue weighted by atomic mass is 9.43. The van der Waals surface area contributed by atoms with Crippen LogP contribution < -0.4 is 16.4 Å². The van der Waals surface area contributed by atoms with Crippen LogP contribution in [0.1, 0.15) is 133 Å². The standard InChI is InChI=1S/C70H91N5O12S2/c1-38-12-13-41-16-19-48-50(49(41)26-38)28-42(52-35-87-65(84)57(52)44-21-24-72-33-44)10-7-11-43-30-70(86)59-54(20-22-69(70,63(43)68(3,85)56(79)29-51(48)64(82)83)23-25-73-66(71)75-32-39-8-5-4-6-9-39)67(2)31-55(78)61(80)53-37-89-88-36-45(40-14-17-46(76)18-15-40)27-47(77)34-74-60(59)62(81)58(53)67/h4-6,8-9,14-18,21,24,33,38,42-43,45,48-58,61,63-64,72,74,76,78-80,82-83,85-86H,11-13,19-20,22-23,25-32,34-37H2,1-3H3,(H3,71,73,75). The second kappa shape index (κ2) is 25.7. The predicted molar refractivity (Wildman–Crippen MR) is 341 cm³/mol. The Bertz CT molecular complexity index is 3240. The molecule has 0 amide bonds. The van der Waals surface area contributed by atoms with E-state index in [9.17, 15) is 50.4 Å². The Kier molecular flexibility index (Phi) is 18.5. The van der Waals surface area contributed by atoms with Crippen LogP contribution >= 0.6 is 21.6 Å². The number of carbonyl (C=O) groups is 3. The summed E-state index contributed by atoms with van der Waals surface area (Å²) in [6.07, 6.45) is 4.66. The van der Waals surface area contributed by atoms with Gasteiger partial charge in [-0.15, -0.1) is 5.92 Å². The average Bonchev–Trinajstić information content (AvgIpc) is 1.62. The van der Waals surface area contributed by atoms with Crippen molar-refractivity contribution in [1.82, 2.24) is 15.6 Å². The molecule has 0 radical (unpaired) electrons. The Morgan fingerprint density at radius 1 is 0.921 bits per heavy atom. The number of aromatic amines is 1. The van der Waals surface area contributed by atoms with Crippen LogP contribution in [0.25, 0.3) is 0 Å². The number of benzene rings is 2. The van der Waals surface area contributed by atoms with Crippen molar-refractivity contribution in [3.63, 3.8) is 0 Å². The quantitative estimate of drug-likeness (QED) is 0.0195. The number of aliphatic hydroxyl groups is 7. The van der Waals surface area contributed by atoms with Crippen LogP contribution in [0.5, 0.6) is 5.75 Å². The van der Waals surface area contributed by atoms with E-state index in [-0.39, 0.29) is 129 Å². The maximum absolute atomic E-state index is 16.2. The van der Waals surface area contributed by atoms with Crippen LogP contribution in [0.4, 0.5) is 0 Å². The number of carbonyl (C=O) groups excluding carboxylic acids is 3. The Morgan fingerprint density at radius 2 is 1.70 bits per heavy atom. The molecule has 21 atom stereocenters. The lowest BCUT2D eigenvalue weighted by Crippen LogP contribution is -2.67. The van der Waals surface area contributed by atoms with Gasteiger partial charge < -0.3 is 66.9 Å². The number of nitrogens with one attached hydrogen (secondary N) is 3. The van der Waals surface area contributed by atoms with E-state index in [1.54, 1.807) is 48.2 Å². The normalized spacial score (nSPS) is 41.1. The molecule has 480 valence electrons. The maximum atomic E-state index is 16.2. The third-order valence-corrected chi connectivity index (χ3v) is 26.2. The van der Waals surface area contributed by atoms with Crippen LogP contribution in [-0.4, -0.2) is 136 Å². The number of rotatable bonds is 9. The van der Waals surface area contributed by atoms with Gasteiger partial charge in [0.05, 0.1) is 60.8 Å². The Balaban J connectivity index is 1.01. The fourth-order valence-corrected chi connectivity index (χ4v) is 22.3. The largest absolute Gasteiger partial charge is 0.508 e. The zero-order valence-electron chi connectivity index (χ0n) is 51.4. The molecule has 13 N–H and O–H groups in total. The van der Waals surface area contributed by atoms with Crippen molar-refractivity contribution in [2.75, 3.05) is 31.2 Å². The van der Waals surface area contributed by atoms with Crippen LogP contribution in [0.3, 0.4) is 0 Å². The molecule has 3 heterocycles. The molecule has 9 aliphatic rings. The second-order valence-corrected chi connectivity index (χ2v) is 31.1. The van der Waals surface area contributed by atoms with E-state index in [1.807, 2.05) is 49.5 Å². The summed E-state index contributed by atoms with van der Waals surface area (Å²) in [6, 6.07) is 18.4. The number of phenols is 1. The fourth-order valence-electron chi connectivity index (χ4n) is 19.5. The van der Waals surface area contributed by atoms with Gasteiger partial charge in [0.25, 0.3) is 0 Å². The fraction of sp³-hybridized carbons (Fsp3) is 0.629. The predicted octanol–water partition coefficient (Wildman–Crippen LogP) is 7.00. The van der Waals surface area contributed by atoms with E-state index < -0.39 is 94.0 Å². The first-order valence-electron chi connectivity index (χ1n) is 32.6. The van der Waals surface area contributed by atoms with Gasteiger partial charge in [-0.25, -0.2) is 4.99 Å². The number of nitrogens with zero attached hydrogens (tertiary/aromatic N) is 1. The number of phenolic OH excluding ortho intramolecular Hbond substituents is 1. The summed E-state index contributed by atoms with van der Waals surface area (Å²) in [4.78, 5) is 52.6. The van der Waals surface area contributed by atoms with Gasteiger partial charge in [0.15, 0.2) is 23.8 Å². The zero-order chi connectivity index (χ0) is 62.7. The number of nitrogens with two attached hydrogens (primary N) is 1. The van der Waals surface area contributed by atoms with Crippen molar-refractivity contribution in [2.24, 2.45) is 92.6 Å². The number of cyclic esters (lactones) is 1. The number of aromatic nitrogens is 1. The molecule has 2 aliphatic heterocycles. The third-order valence-electron chi connectivity index (χ3n) is 23.7. The molecule has 7 aliphatic carbocycles. The maximum Gasteiger partial charge on any atom is 0.313 e. The minimum absolute atomic E-state index is 0.0397. The van der Waals surface area contributed by atoms with Gasteiger partial charge >= 0.3 is 5.97 Å². The van der Waals surface area contributed by atoms with Crippen molar-refractivity contribution in [3.05, 3.63) is 113 Å². The summed E-state index contributed by atoms with van der Waals surface area (Å²) in [5, 5.41) is 107. The first-order valence-corrected chi connectivity index (χ1v) is 35.1. The summed E-state index contributed by atoms with van der Waals surface area (Å²) in [7, 11) is 3.04. The number of Topliss-reactive ketones (excluding diaryl/α,β-unsaturated/α-hetero) is 2. The number of esters is 1. The topological polar surface area (TPSA) is 301 Å². The zero-order valence-corrected chi connectivity index (χ0v) is 53.0. The van der Waals surface area contributed by atoms with Crippen LogP contribution in [0, 0.1) is 93.7 Å². The molecule has 12 rings (SSSR count). The number of ether oxygens (including phenoxy) is 1. The van der Waals surface area contributed by atoms with Gasteiger partial charge in [0.1, 0.15) is 5.75 Å². The highest BCUT2D eigenvalue weighted by molar-refractivity contribution is 8.76. The number of aromatic hydroxyl groups is 1. The molecule has 17 nitrogen and oxygen atoms in total. The van der Waals surface area contributed by atoms with Gasteiger partial charge in [-0.05, 0) is 159 Å². The molecule has 4 saturated carbocycles. The molecule has 21 unspecified atom stereocenters. The molecule has 2 aromatic carbocycles. The van der Waals surface area contributed by atoms with Crippen LogP contribution in [0.15, 0.2) is 101 Å². The highest BCUT2D eigenvalue weighted by Gasteiger charge is 2.75. The minimum Gasteiger partial charge on any atom is -0.508 e. The number of hydrogen-bond donors (Lipinski definition) is 12. The van der Waals surface area contributed by atoms with E-state index in [0.717, 1.165) is 36.0 Å². The summed E-state index contributed by atoms with van der Waals surface area (Å²) >= 11 is 0. The van der Waals surface area contributed by atoms with Gasteiger partial charge in [0, 0.05) is 90.1 Å². The summed E-state index contributed by atoms with van der Waals surface area (Å²) in [6.45, 7) is 6.17. The lowest BCUT2D eigenvalue weighted by Gasteiger charge is -2.63. The van der Waals surface area contributed by atoms with Crippen LogP contribution in [0.2, 0.25) is 0 Å². The van der Waals surface area contributed by atoms with E-state index >= 15 is 4.79 Å². The van der Waals surface area contributed by atoms with Crippen molar-refractivity contribution < 1.29 is 60.0 Å². The Morgan fingerprint density at radius 3 is 2.45 bits per heavy atom. The molecule has 89 heavy (non-hydrogen) atoms. The molecular formula is C70H91N5O12S2. The van der Waals surface area contributed by atoms with Gasteiger partial charge in [-0.1, -0.05) is 95.5 Å². The van der Waals surface area contributed by atoms with Gasteiger partial charge in [-0.3, -0.25) is 14.4 Å². The van der Waals surface area contributed by atoms with Crippen molar-refractivity contribution in [2.45, 2.75) is 158 Å². The molecule has 3 aromatic rings. The SMILES string of the molecule is CC1CCC2=CCC3C(C(O)O)CC(O)C(C)(O)C4C(CC#CC(C5COC(=O)C5c5cc[nH]c5)CC3C2C1)CC1(O)C2=C3NCC(=O)CC(c5ccc(O)cc5)CSSCC5C(O)C(O)CC(C)(C2CCC41CCNC(N)=NCc1ccccc1)C5C3=O. The summed E-state index contributed by atoms with van der Waals surface area (Å²) in [5.74, 6) is 1.22. The monoisotopic (exact) mass is 1260 g/mol. The van der Waals surface area contributed by atoms with E-state index in [1.165, 1.54) is 16.4 Å².